The summed E-state index contributed by atoms with van der Waals surface area (Å²) in [5, 5.41) is 3.27. The second kappa shape index (κ2) is 6.96. The van der Waals surface area contributed by atoms with E-state index >= 15 is 0 Å². The van der Waals surface area contributed by atoms with Crippen molar-refractivity contribution in [3.8, 4) is 5.69 Å². The van der Waals surface area contributed by atoms with Crippen molar-refractivity contribution < 1.29 is 39.2 Å². The molecule has 1 unspecified atom stereocenters. The Balaban J connectivity index is 2.29. The highest BCUT2D eigenvalue weighted by molar-refractivity contribution is 7.90. The van der Waals surface area contributed by atoms with Crippen LogP contribution in [0.25, 0.3) is 11.3 Å². The average molecular weight is 454 g/mol. The zero-order chi connectivity index (χ0) is 22.6. The molecule has 0 N–H and O–H groups in total. The summed E-state index contributed by atoms with van der Waals surface area (Å²) in [5.41, 5.74) is -5.14. The number of rotatable bonds is 3. The van der Waals surface area contributed by atoms with Crippen molar-refractivity contribution in [1.29, 1.82) is 0 Å². The molecule has 12 heteroatoms. The van der Waals surface area contributed by atoms with Gasteiger partial charge in [-0.25, -0.2) is 30.7 Å². The van der Waals surface area contributed by atoms with E-state index in [1.54, 1.807) is 0 Å². The van der Waals surface area contributed by atoms with Crippen LogP contribution < -0.4 is 0 Å². The van der Waals surface area contributed by atoms with Crippen LogP contribution in [-0.4, -0.2) is 30.1 Å². The Kier molecular flexibility index (Phi) is 5.12. The van der Waals surface area contributed by atoms with Gasteiger partial charge in [-0.1, -0.05) is 0 Å². The number of nitrogens with zero attached hydrogens (tertiary/aromatic N) is 2. The fourth-order valence-electron chi connectivity index (χ4n) is 3.06. The van der Waals surface area contributed by atoms with Crippen LogP contribution in [0.15, 0.2) is 41.1 Å². The van der Waals surface area contributed by atoms with Crippen LogP contribution >= 0.6 is 0 Å². The summed E-state index contributed by atoms with van der Waals surface area (Å²) in [5.74, 6) is -4.07. The second-order valence-corrected chi connectivity index (χ2v) is 8.93. The lowest BCUT2D eigenvalue weighted by Crippen LogP contribution is -2.18. The molecule has 1 aromatic heterocycles. The smallest absolute Gasteiger partial charge is 0.239 e. The van der Waals surface area contributed by atoms with E-state index < -0.39 is 67.5 Å². The normalized spacial score (nSPS) is 20.2. The molecule has 1 aliphatic carbocycles. The van der Waals surface area contributed by atoms with Gasteiger partial charge in [-0.3, -0.25) is 0 Å². The van der Waals surface area contributed by atoms with Crippen molar-refractivity contribution in [3.05, 3.63) is 59.2 Å². The van der Waals surface area contributed by atoms with Crippen LogP contribution in [0.4, 0.5) is 30.7 Å². The molecule has 1 aromatic carbocycles. The minimum Gasteiger partial charge on any atom is -0.239 e. The first-order chi connectivity index (χ1) is 13.6. The van der Waals surface area contributed by atoms with Gasteiger partial charge in [0.2, 0.25) is 0 Å². The summed E-state index contributed by atoms with van der Waals surface area (Å²) in [7, 11) is -4.31. The maximum atomic E-state index is 14.3. The molecule has 0 saturated carbocycles. The van der Waals surface area contributed by atoms with Crippen LogP contribution in [0.2, 0.25) is 0 Å². The molecule has 0 amide bonds. The van der Waals surface area contributed by atoms with Gasteiger partial charge in [0.15, 0.2) is 15.5 Å². The van der Waals surface area contributed by atoms with Crippen molar-refractivity contribution in [2.45, 2.75) is 30.1 Å². The van der Waals surface area contributed by atoms with E-state index in [9.17, 15) is 39.2 Å². The lowest BCUT2D eigenvalue weighted by molar-refractivity contribution is -0.141. The third kappa shape index (κ3) is 4.27. The van der Waals surface area contributed by atoms with Crippen molar-refractivity contribution in [2.24, 2.45) is 0 Å². The highest BCUT2D eigenvalue weighted by Crippen LogP contribution is 2.38. The Morgan fingerprint density at radius 2 is 1.67 bits per heavy atom. The van der Waals surface area contributed by atoms with Crippen molar-refractivity contribution >= 4 is 15.4 Å². The maximum absolute atomic E-state index is 14.3. The molecule has 0 saturated heterocycles. The van der Waals surface area contributed by atoms with E-state index in [1.165, 1.54) is 0 Å². The molecule has 162 valence electrons. The minimum absolute atomic E-state index is 0.334. The number of benzene rings is 1. The van der Waals surface area contributed by atoms with Gasteiger partial charge in [0, 0.05) is 30.4 Å². The summed E-state index contributed by atoms with van der Waals surface area (Å²) < 4.78 is 120. The van der Waals surface area contributed by atoms with Crippen LogP contribution in [0.1, 0.15) is 24.7 Å². The molecule has 3 rings (SSSR count). The highest BCUT2D eigenvalue weighted by Gasteiger charge is 2.37. The number of sulfone groups is 1. The number of halogens is 7. The minimum atomic E-state index is -4.97. The predicted molar refractivity (Wildman–Crippen MR) is 92.9 cm³/mol. The lowest BCUT2D eigenvalue weighted by atomic mass is 9.92. The van der Waals surface area contributed by atoms with E-state index in [4.69, 9.17) is 0 Å². The highest BCUT2D eigenvalue weighted by atomic mass is 32.2. The fraction of sp³-hybridized carbons (Fsp3) is 0.278. The second-order valence-electron chi connectivity index (χ2n) is 6.98. The first-order valence-corrected chi connectivity index (χ1v) is 10.1. The van der Waals surface area contributed by atoms with Gasteiger partial charge in [-0.2, -0.15) is 18.3 Å². The molecule has 0 bridgehead atoms. The third-order valence-corrected chi connectivity index (χ3v) is 5.31. The first-order valence-electron chi connectivity index (χ1n) is 8.23. The quantitative estimate of drug-likeness (QED) is 0.618. The predicted octanol–water partition coefficient (Wildman–Crippen LogP) is 4.94. The zero-order valence-electron chi connectivity index (χ0n) is 15.4. The Morgan fingerprint density at radius 1 is 1.10 bits per heavy atom. The molecule has 1 atom stereocenters. The monoisotopic (exact) mass is 454 g/mol. The number of aromatic nitrogens is 2. The Hall–Kier alpha value is -2.63. The molecule has 0 aliphatic heterocycles. The summed E-state index contributed by atoms with van der Waals surface area (Å²) in [6.07, 6.45) is -3.41. The van der Waals surface area contributed by atoms with E-state index in [0.717, 1.165) is 19.1 Å². The molecule has 0 spiro atoms. The van der Waals surface area contributed by atoms with Gasteiger partial charge < -0.3 is 0 Å². The lowest BCUT2D eigenvalue weighted by Gasteiger charge is -2.21. The van der Waals surface area contributed by atoms with Crippen LogP contribution in [0.3, 0.4) is 0 Å². The van der Waals surface area contributed by atoms with Crippen molar-refractivity contribution in [2.75, 3.05) is 6.26 Å². The summed E-state index contributed by atoms with van der Waals surface area (Å²) >= 11 is 0. The zero-order valence-corrected chi connectivity index (χ0v) is 16.2. The number of hydrogen-bond acceptors (Lipinski definition) is 3. The summed E-state index contributed by atoms with van der Waals surface area (Å²) in [6.45, 7) is 1.01. The Bertz CT molecular complexity index is 1170. The van der Waals surface area contributed by atoms with Crippen LogP contribution in [0.5, 0.6) is 0 Å². The van der Waals surface area contributed by atoms with E-state index in [2.05, 4.69) is 5.10 Å². The summed E-state index contributed by atoms with van der Waals surface area (Å²) in [4.78, 5) is -1.27. The molecular weight excluding hydrogens is 441 g/mol. The third-order valence-electron chi connectivity index (χ3n) is 4.18. The van der Waals surface area contributed by atoms with Gasteiger partial charge in [0.05, 0.1) is 11.4 Å². The largest absolute Gasteiger partial charge is 0.435 e. The summed E-state index contributed by atoms with van der Waals surface area (Å²) in [6, 6.07) is 1.40. The van der Waals surface area contributed by atoms with Crippen LogP contribution in [0, 0.1) is 11.6 Å². The van der Waals surface area contributed by atoms with Crippen molar-refractivity contribution in [1.82, 2.24) is 9.78 Å². The van der Waals surface area contributed by atoms with Gasteiger partial charge in [0.1, 0.15) is 28.0 Å². The van der Waals surface area contributed by atoms with Crippen molar-refractivity contribution in [3.63, 3.8) is 0 Å². The van der Waals surface area contributed by atoms with Gasteiger partial charge in [-0.05, 0) is 25.1 Å². The van der Waals surface area contributed by atoms with E-state index in [0.29, 0.717) is 29.1 Å². The molecule has 4 nitrogen and oxygen atoms in total. The number of allylic oxidation sites excluding steroid dienone is 4. The SMILES string of the molecule is CC1(F)C=C(c2cc(C(F)(F)F)nn2-c2cc(F)c(S(C)(=O)=O)c(F)c2)C=C(F)C1. The Labute approximate surface area is 166 Å². The first kappa shape index (κ1) is 22.1. The fourth-order valence-corrected chi connectivity index (χ4v) is 3.89. The van der Waals surface area contributed by atoms with Gasteiger partial charge >= 0.3 is 6.18 Å². The molecule has 1 heterocycles. The van der Waals surface area contributed by atoms with Crippen LogP contribution in [-0.2, 0) is 16.0 Å². The topological polar surface area (TPSA) is 52.0 Å². The van der Waals surface area contributed by atoms with Gasteiger partial charge in [-0.15, -0.1) is 0 Å². The van der Waals surface area contributed by atoms with Gasteiger partial charge in [0.25, 0.3) is 0 Å². The molecule has 1 aliphatic rings. The Morgan fingerprint density at radius 3 is 2.13 bits per heavy atom. The number of hydrogen-bond donors (Lipinski definition) is 0. The van der Waals surface area contributed by atoms with E-state index in [-0.39, 0.29) is 5.57 Å². The average Bonchev–Trinajstić information content (AvgIpc) is 2.96. The molecule has 0 fully saturated rings. The maximum Gasteiger partial charge on any atom is 0.435 e. The molecular formula is C18H13F7N2O2S. The molecule has 2 aromatic rings. The molecule has 0 radical (unpaired) electrons. The van der Waals surface area contributed by atoms with E-state index in [1.807, 2.05) is 0 Å². The number of alkyl halides is 4. The molecule has 30 heavy (non-hydrogen) atoms. The standard InChI is InChI=1S/C18H13F7N2O2S/c1-17(22)7-9(3-10(19)8-17)14-6-15(18(23,24)25)26-27(14)11-4-12(20)16(13(21)5-11)30(2,28)29/h3-7H,8H2,1-2H3.